The number of phenols is 1. The highest BCUT2D eigenvalue weighted by molar-refractivity contribution is 5.46. The van der Waals surface area contributed by atoms with Gasteiger partial charge in [-0.2, -0.15) is 0 Å². The van der Waals surface area contributed by atoms with Crippen LogP contribution in [0.5, 0.6) is 11.5 Å². The summed E-state index contributed by atoms with van der Waals surface area (Å²) >= 11 is 0. The maximum absolute atomic E-state index is 13.2. The Morgan fingerprint density at radius 3 is 2.67 bits per heavy atom. The molecule has 0 fully saturated rings. The van der Waals surface area contributed by atoms with Gasteiger partial charge in [0.15, 0.2) is 23.1 Å². The van der Waals surface area contributed by atoms with Gasteiger partial charge in [0, 0.05) is 18.1 Å². The Balaban J connectivity index is 3.15. The van der Waals surface area contributed by atoms with Crippen LogP contribution in [-0.2, 0) is 11.3 Å². The first-order valence-electron chi connectivity index (χ1n) is 4.17. The van der Waals surface area contributed by atoms with Crippen LogP contribution in [0.1, 0.15) is 5.56 Å². The van der Waals surface area contributed by atoms with Crippen molar-refractivity contribution in [1.82, 2.24) is 0 Å². The van der Waals surface area contributed by atoms with Crippen LogP contribution in [0, 0.1) is 11.6 Å². The van der Waals surface area contributed by atoms with Gasteiger partial charge in [0.1, 0.15) is 0 Å². The van der Waals surface area contributed by atoms with E-state index in [2.05, 4.69) is 9.57 Å². The average molecular weight is 219 g/mol. The second kappa shape index (κ2) is 4.90. The maximum Gasteiger partial charge on any atom is 0.166 e. The molecular weight excluding hydrogens is 208 g/mol. The number of methoxy groups -OCH3 is 1. The lowest BCUT2D eigenvalue weighted by molar-refractivity contribution is 0.140. The molecule has 0 spiro atoms. The molecule has 0 heterocycles. The van der Waals surface area contributed by atoms with Crippen LogP contribution in [0.4, 0.5) is 8.78 Å². The molecule has 1 aromatic carbocycles. The third-order valence-electron chi connectivity index (χ3n) is 1.94. The number of nitrogens with two attached hydrogens (primary N) is 1. The van der Waals surface area contributed by atoms with Gasteiger partial charge in [-0.05, 0) is 0 Å². The Kier molecular flexibility index (Phi) is 3.81. The summed E-state index contributed by atoms with van der Waals surface area (Å²) < 4.78 is 30.9. The minimum Gasteiger partial charge on any atom is -0.504 e. The Morgan fingerprint density at radius 2 is 2.13 bits per heavy atom. The summed E-state index contributed by atoms with van der Waals surface area (Å²) in [4.78, 5) is 4.23. The molecule has 0 saturated carbocycles. The predicted octanol–water partition coefficient (Wildman–Crippen LogP) is 1.11. The molecular formula is C9H11F2NO3. The average Bonchev–Trinajstić information content (AvgIpc) is 2.23. The van der Waals surface area contributed by atoms with Crippen molar-refractivity contribution in [3.63, 3.8) is 0 Å². The quantitative estimate of drug-likeness (QED) is 0.744. The smallest absolute Gasteiger partial charge is 0.166 e. The molecule has 6 heteroatoms. The van der Waals surface area contributed by atoms with E-state index in [0.29, 0.717) is 0 Å². The zero-order valence-corrected chi connectivity index (χ0v) is 8.09. The molecule has 15 heavy (non-hydrogen) atoms. The van der Waals surface area contributed by atoms with E-state index in [1.165, 1.54) is 7.11 Å². The Bertz CT molecular complexity index is 358. The van der Waals surface area contributed by atoms with Crippen LogP contribution in [-0.4, -0.2) is 18.8 Å². The topological polar surface area (TPSA) is 64.7 Å². The number of rotatable bonds is 4. The van der Waals surface area contributed by atoms with E-state index < -0.39 is 17.4 Å². The van der Waals surface area contributed by atoms with Crippen molar-refractivity contribution in [2.45, 2.75) is 6.42 Å². The van der Waals surface area contributed by atoms with Gasteiger partial charge in [-0.3, -0.25) is 0 Å². The number of ether oxygens (including phenoxy) is 1. The first kappa shape index (κ1) is 11.7. The van der Waals surface area contributed by atoms with Gasteiger partial charge >= 0.3 is 0 Å². The Morgan fingerprint density at radius 1 is 1.47 bits per heavy atom. The van der Waals surface area contributed by atoms with Gasteiger partial charge in [0.25, 0.3) is 0 Å². The summed E-state index contributed by atoms with van der Waals surface area (Å²) in [6.07, 6.45) is -0.0394. The minimum absolute atomic E-state index is 0.0307. The second-order valence-electron chi connectivity index (χ2n) is 2.82. The van der Waals surface area contributed by atoms with Crippen molar-refractivity contribution in [3.05, 3.63) is 23.3 Å². The molecule has 0 aliphatic rings. The monoisotopic (exact) mass is 219 g/mol. The SMILES string of the molecule is COc1cc(F)c(F)c(CCON)c1O. The normalized spacial score (nSPS) is 10.4. The van der Waals surface area contributed by atoms with Crippen molar-refractivity contribution in [1.29, 1.82) is 0 Å². The van der Waals surface area contributed by atoms with Crippen molar-refractivity contribution >= 4 is 0 Å². The highest BCUT2D eigenvalue weighted by Gasteiger charge is 2.18. The van der Waals surface area contributed by atoms with Crippen LogP contribution in [0.15, 0.2) is 6.07 Å². The lowest BCUT2D eigenvalue weighted by Gasteiger charge is -2.10. The molecule has 0 atom stereocenters. The molecule has 84 valence electrons. The number of hydrogen-bond donors (Lipinski definition) is 2. The summed E-state index contributed by atoms with van der Waals surface area (Å²) in [6, 6.07) is 0.775. The first-order valence-corrected chi connectivity index (χ1v) is 4.17. The molecule has 0 radical (unpaired) electrons. The van der Waals surface area contributed by atoms with Crippen molar-refractivity contribution in [2.75, 3.05) is 13.7 Å². The Hall–Kier alpha value is -1.40. The molecule has 0 aliphatic heterocycles. The van der Waals surface area contributed by atoms with Crippen LogP contribution < -0.4 is 10.6 Å². The summed E-state index contributed by atoms with van der Waals surface area (Å²) in [7, 11) is 1.25. The fourth-order valence-corrected chi connectivity index (χ4v) is 1.19. The number of aromatic hydroxyl groups is 1. The van der Waals surface area contributed by atoms with E-state index >= 15 is 0 Å². The standard InChI is InChI=1S/C9H11F2NO3/c1-14-7-4-6(10)8(11)5(9(7)13)2-3-15-12/h4,13H,2-3,12H2,1H3. The highest BCUT2D eigenvalue weighted by atomic mass is 19.2. The molecule has 0 saturated heterocycles. The molecule has 3 N–H and O–H groups in total. The molecule has 0 amide bonds. The van der Waals surface area contributed by atoms with Gasteiger partial charge in [0.2, 0.25) is 0 Å². The lowest BCUT2D eigenvalue weighted by Crippen LogP contribution is -2.06. The maximum atomic E-state index is 13.2. The lowest BCUT2D eigenvalue weighted by atomic mass is 10.1. The number of halogens is 2. The largest absolute Gasteiger partial charge is 0.504 e. The van der Waals surface area contributed by atoms with E-state index in [9.17, 15) is 13.9 Å². The van der Waals surface area contributed by atoms with E-state index in [1.54, 1.807) is 0 Å². The van der Waals surface area contributed by atoms with Crippen LogP contribution in [0.2, 0.25) is 0 Å². The van der Waals surface area contributed by atoms with Gasteiger partial charge < -0.3 is 14.7 Å². The highest BCUT2D eigenvalue weighted by Crippen LogP contribution is 2.33. The van der Waals surface area contributed by atoms with Crippen LogP contribution in [0.25, 0.3) is 0 Å². The Labute approximate surface area is 85.2 Å². The van der Waals surface area contributed by atoms with Gasteiger partial charge in [-0.25, -0.2) is 14.7 Å². The third kappa shape index (κ3) is 2.34. The van der Waals surface area contributed by atoms with Crippen LogP contribution >= 0.6 is 0 Å². The summed E-state index contributed by atoms with van der Waals surface area (Å²) in [6.45, 7) is -0.0307. The van der Waals surface area contributed by atoms with E-state index in [4.69, 9.17) is 5.90 Å². The summed E-state index contributed by atoms with van der Waals surface area (Å²) in [5.41, 5.74) is -0.211. The van der Waals surface area contributed by atoms with Crippen molar-refractivity contribution in [3.8, 4) is 11.5 Å². The second-order valence-corrected chi connectivity index (χ2v) is 2.82. The molecule has 0 aromatic heterocycles. The first-order chi connectivity index (χ1) is 7.11. The number of hydrogen-bond acceptors (Lipinski definition) is 4. The fraction of sp³-hybridized carbons (Fsp3) is 0.333. The van der Waals surface area contributed by atoms with E-state index in [0.717, 1.165) is 6.07 Å². The van der Waals surface area contributed by atoms with Crippen molar-refractivity contribution < 1.29 is 23.5 Å². The summed E-state index contributed by atoms with van der Waals surface area (Å²) in [5, 5.41) is 9.49. The molecule has 4 nitrogen and oxygen atoms in total. The van der Waals surface area contributed by atoms with Gasteiger partial charge in [-0.1, -0.05) is 0 Å². The van der Waals surface area contributed by atoms with Crippen LogP contribution in [0.3, 0.4) is 0 Å². The summed E-state index contributed by atoms with van der Waals surface area (Å²) in [5.74, 6) is 1.99. The van der Waals surface area contributed by atoms with Gasteiger partial charge in [0.05, 0.1) is 13.7 Å². The molecule has 0 bridgehead atoms. The van der Waals surface area contributed by atoms with E-state index in [1.807, 2.05) is 0 Å². The molecule has 0 unspecified atom stereocenters. The van der Waals surface area contributed by atoms with Gasteiger partial charge in [-0.15, -0.1) is 0 Å². The number of benzene rings is 1. The minimum atomic E-state index is -1.12. The fourth-order valence-electron chi connectivity index (χ4n) is 1.19. The van der Waals surface area contributed by atoms with E-state index in [-0.39, 0.29) is 24.3 Å². The third-order valence-corrected chi connectivity index (χ3v) is 1.94. The molecule has 1 rings (SSSR count). The number of phenolic OH excluding ortho intramolecular Hbond substituents is 1. The molecule has 0 aliphatic carbocycles. The zero-order chi connectivity index (χ0) is 11.4. The van der Waals surface area contributed by atoms with Crippen molar-refractivity contribution in [2.24, 2.45) is 5.90 Å². The zero-order valence-electron chi connectivity index (χ0n) is 8.09. The molecule has 1 aromatic rings. The predicted molar refractivity (Wildman–Crippen MR) is 48.4 cm³/mol.